The minimum atomic E-state index is -3.87. The summed E-state index contributed by atoms with van der Waals surface area (Å²) >= 11 is 3.32. The van der Waals surface area contributed by atoms with Crippen LogP contribution < -0.4 is 10.2 Å². The normalized spacial score (nSPS) is 14.9. The van der Waals surface area contributed by atoms with Crippen LogP contribution in [0, 0.1) is 5.82 Å². The highest BCUT2D eigenvalue weighted by Gasteiger charge is 2.30. The largest absolute Gasteiger partial charge is 0.369 e. The molecule has 6 nitrogen and oxygen atoms in total. The molecule has 1 saturated heterocycles. The molecule has 166 valence electrons. The Bertz CT molecular complexity index is 1230. The van der Waals surface area contributed by atoms with Crippen molar-refractivity contribution >= 4 is 43.2 Å². The Kier molecular flexibility index (Phi) is 6.59. The smallest absolute Gasteiger partial charge is 0.258 e. The second-order valence-corrected chi connectivity index (χ2v) is 10.1. The molecule has 3 aromatic carbocycles. The summed E-state index contributed by atoms with van der Waals surface area (Å²) in [5.74, 6) is -1.51. The first-order chi connectivity index (χ1) is 15.4. The number of amides is 1. The van der Waals surface area contributed by atoms with Crippen molar-refractivity contribution in [2.45, 2.75) is 4.90 Å². The van der Waals surface area contributed by atoms with Crippen LogP contribution in [0.15, 0.2) is 82.2 Å². The quantitative estimate of drug-likeness (QED) is 0.546. The second kappa shape index (κ2) is 9.40. The van der Waals surface area contributed by atoms with Gasteiger partial charge in [-0.05, 0) is 58.4 Å². The maximum absolute atomic E-state index is 14.4. The van der Waals surface area contributed by atoms with Gasteiger partial charge in [-0.25, -0.2) is 12.8 Å². The summed E-state index contributed by atoms with van der Waals surface area (Å²) in [6.07, 6.45) is 0. The molecule has 9 heteroatoms. The molecule has 3 aromatic rings. The van der Waals surface area contributed by atoms with Gasteiger partial charge in [-0.2, -0.15) is 4.31 Å². The van der Waals surface area contributed by atoms with Gasteiger partial charge in [-0.3, -0.25) is 4.79 Å². The van der Waals surface area contributed by atoms with Crippen LogP contribution in [0.25, 0.3) is 0 Å². The third-order valence-corrected chi connectivity index (χ3v) is 7.89. The summed E-state index contributed by atoms with van der Waals surface area (Å²) in [5.41, 5.74) is 1.17. The Labute approximate surface area is 194 Å². The molecule has 0 spiro atoms. The first kappa shape index (κ1) is 22.4. The van der Waals surface area contributed by atoms with Crippen molar-refractivity contribution in [1.29, 1.82) is 0 Å². The van der Waals surface area contributed by atoms with E-state index in [-0.39, 0.29) is 10.5 Å². The number of benzene rings is 3. The second-order valence-electron chi connectivity index (χ2n) is 7.30. The van der Waals surface area contributed by atoms with E-state index in [0.29, 0.717) is 36.3 Å². The van der Waals surface area contributed by atoms with Gasteiger partial charge in [0, 0.05) is 36.3 Å². The van der Waals surface area contributed by atoms with Gasteiger partial charge in [-0.1, -0.05) is 30.3 Å². The highest BCUT2D eigenvalue weighted by molar-refractivity contribution is 9.10. The molecular weight excluding hydrogens is 497 g/mol. The number of halogens is 2. The Morgan fingerprint density at radius 3 is 2.25 bits per heavy atom. The van der Waals surface area contributed by atoms with E-state index in [1.165, 1.54) is 10.4 Å². The van der Waals surface area contributed by atoms with E-state index < -0.39 is 21.7 Å². The zero-order chi connectivity index (χ0) is 22.7. The van der Waals surface area contributed by atoms with E-state index in [1.54, 1.807) is 24.3 Å². The number of nitrogens with zero attached hydrogens (tertiary/aromatic N) is 2. The molecule has 0 radical (unpaired) electrons. The van der Waals surface area contributed by atoms with E-state index in [2.05, 4.69) is 26.1 Å². The fraction of sp³-hybridized carbons (Fsp3) is 0.174. The van der Waals surface area contributed by atoms with E-state index in [4.69, 9.17) is 0 Å². The topological polar surface area (TPSA) is 69.7 Å². The summed E-state index contributed by atoms with van der Waals surface area (Å²) in [4.78, 5) is 14.7. The number of carbonyl (C=O) groups excluding carboxylic acids is 1. The molecule has 0 bridgehead atoms. The standard InChI is InChI=1S/C23H21BrFN3O3S/c24-20-8-4-5-9-22(20)26-23(29)19-16-18(10-11-21(19)25)32(30,31)28-14-12-27(13-15-28)17-6-2-1-3-7-17/h1-11,16H,12-15H2,(H,26,29). The molecule has 0 saturated carbocycles. The van der Waals surface area contributed by atoms with Gasteiger partial charge in [0.05, 0.1) is 16.1 Å². The van der Waals surface area contributed by atoms with Crippen LogP contribution >= 0.6 is 15.9 Å². The predicted molar refractivity (Wildman–Crippen MR) is 126 cm³/mol. The first-order valence-corrected chi connectivity index (χ1v) is 12.2. The molecule has 4 rings (SSSR count). The van der Waals surface area contributed by atoms with E-state index >= 15 is 0 Å². The maximum atomic E-state index is 14.4. The van der Waals surface area contributed by atoms with Gasteiger partial charge in [-0.15, -0.1) is 0 Å². The van der Waals surface area contributed by atoms with Gasteiger partial charge in [0.25, 0.3) is 5.91 Å². The summed E-state index contributed by atoms with van der Waals surface area (Å²) in [5, 5.41) is 2.61. The molecule has 1 aliphatic rings. The lowest BCUT2D eigenvalue weighted by Gasteiger charge is -2.35. The van der Waals surface area contributed by atoms with Crippen molar-refractivity contribution in [2.24, 2.45) is 0 Å². The molecule has 1 heterocycles. The minimum absolute atomic E-state index is 0.107. The van der Waals surface area contributed by atoms with Gasteiger partial charge in [0.1, 0.15) is 5.82 Å². The van der Waals surface area contributed by atoms with Crippen LogP contribution in [0.2, 0.25) is 0 Å². The number of piperazine rings is 1. The molecule has 0 aliphatic carbocycles. The van der Waals surface area contributed by atoms with Crippen molar-refractivity contribution < 1.29 is 17.6 Å². The predicted octanol–water partition coefficient (Wildman–Crippen LogP) is 4.35. The lowest BCUT2D eigenvalue weighted by Crippen LogP contribution is -2.48. The average Bonchev–Trinajstić information content (AvgIpc) is 2.81. The molecule has 32 heavy (non-hydrogen) atoms. The third-order valence-electron chi connectivity index (χ3n) is 5.30. The molecule has 1 amide bonds. The third kappa shape index (κ3) is 4.69. The van der Waals surface area contributed by atoms with Crippen LogP contribution in [0.3, 0.4) is 0 Å². The van der Waals surface area contributed by atoms with Crippen molar-refractivity contribution in [2.75, 3.05) is 36.4 Å². The van der Waals surface area contributed by atoms with Crippen LogP contribution in [-0.2, 0) is 10.0 Å². The maximum Gasteiger partial charge on any atom is 0.258 e. The fourth-order valence-electron chi connectivity index (χ4n) is 3.57. The van der Waals surface area contributed by atoms with Gasteiger partial charge < -0.3 is 10.2 Å². The molecule has 1 N–H and O–H groups in total. The zero-order valence-electron chi connectivity index (χ0n) is 17.0. The number of anilines is 2. The highest BCUT2D eigenvalue weighted by atomic mass is 79.9. The van der Waals surface area contributed by atoms with Crippen LogP contribution in [-0.4, -0.2) is 44.8 Å². The summed E-state index contributed by atoms with van der Waals surface area (Å²) in [6.45, 7) is 1.68. The molecule has 0 unspecified atom stereocenters. The average molecular weight is 518 g/mol. The lowest BCUT2D eigenvalue weighted by molar-refractivity contribution is 0.102. The number of hydrogen-bond donors (Lipinski definition) is 1. The Balaban J connectivity index is 1.52. The molecule has 1 fully saturated rings. The van der Waals surface area contributed by atoms with E-state index in [9.17, 15) is 17.6 Å². The number of sulfonamides is 1. The highest BCUT2D eigenvalue weighted by Crippen LogP contribution is 2.25. The van der Waals surface area contributed by atoms with Crippen molar-refractivity contribution in [3.63, 3.8) is 0 Å². The minimum Gasteiger partial charge on any atom is -0.369 e. The molecule has 1 aliphatic heterocycles. The monoisotopic (exact) mass is 517 g/mol. The SMILES string of the molecule is O=C(Nc1ccccc1Br)c1cc(S(=O)(=O)N2CCN(c3ccccc3)CC2)ccc1F. The van der Waals surface area contributed by atoms with Gasteiger partial charge >= 0.3 is 0 Å². The van der Waals surface area contributed by atoms with Crippen molar-refractivity contribution in [1.82, 2.24) is 4.31 Å². The van der Waals surface area contributed by atoms with Gasteiger partial charge in [0.15, 0.2) is 0 Å². The zero-order valence-corrected chi connectivity index (χ0v) is 19.4. The van der Waals surface area contributed by atoms with E-state index in [1.807, 2.05) is 30.3 Å². The van der Waals surface area contributed by atoms with Gasteiger partial charge in [0.2, 0.25) is 10.0 Å². The lowest BCUT2D eigenvalue weighted by atomic mass is 10.2. The molecule has 0 aromatic heterocycles. The van der Waals surface area contributed by atoms with Crippen molar-refractivity contribution in [3.8, 4) is 0 Å². The summed E-state index contributed by atoms with van der Waals surface area (Å²) in [6, 6.07) is 20.0. The Hall–Kier alpha value is -2.75. The summed E-state index contributed by atoms with van der Waals surface area (Å²) in [7, 11) is -3.87. The van der Waals surface area contributed by atoms with Crippen LogP contribution in [0.4, 0.5) is 15.8 Å². The van der Waals surface area contributed by atoms with Crippen molar-refractivity contribution in [3.05, 3.63) is 88.6 Å². The fourth-order valence-corrected chi connectivity index (χ4v) is 5.40. The van der Waals surface area contributed by atoms with Crippen LogP contribution in [0.1, 0.15) is 10.4 Å². The Morgan fingerprint density at radius 2 is 1.56 bits per heavy atom. The Morgan fingerprint density at radius 1 is 0.906 bits per heavy atom. The van der Waals surface area contributed by atoms with Crippen LogP contribution in [0.5, 0.6) is 0 Å². The molecular formula is C23H21BrFN3O3S. The number of nitrogens with one attached hydrogen (secondary N) is 1. The summed E-state index contributed by atoms with van der Waals surface area (Å²) < 4.78 is 42.8. The number of carbonyl (C=O) groups is 1. The number of para-hydroxylation sites is 2. The number of rotatable bonds is 5. The molecule has 0 atom stereocenters. The van der Waals surface area contributed by atoms with E-state index in [0.717, 1.165) is 17.8 Å². The first-order valence-electron chi connectivity index (χ1n) is 10.0. The number of hydrogen-bond acceptors (Lipinski definition) is 4.